The van der Waals surface area contributed by atoms with Gasteiger partial charge in [0.25, 0.3) is 0 Å². The van der Waals surface area contributed by atoms with E-state index >= 15 is 0 Å². The molecule has 3 heterocycles. The third-order valence-corrected chi connectivity index (χ3v) is 6.06. The maximum Gasteiger partial charge on any atom is 0.229 e. The van der Waals surface area contributed by atoms with Crippen molar-refractivity contribution in [2.75, 3.05) is 18.4 Å². The van der Waals surface area contributed by atoms with E-state index in [4.69, 9.17) is 0 Å². The van der Waals surface area contributed by atoms with Gasteiger partial charge in [0.05, 0.1) is 11.6 Å². The Morgan fingerprint density at radius 1 is 1.16 bits per heavy atom. The number of amides is 2. The summed E-state index contributed by atoms with van der Waals surface area (Å²) >= 11 is 0. The second-order valence-electron chi connectivity index (χ2n) is 8.35. The minimum atomic E-state index is -0.175. The number of aromatic nitrogens is 3. The van der Waals surface area contributed by atoms with Gasteiger partial charge in [-0.1, -0.05) is 18.2 Å². The monoisotopic (exact) mass is 419 g/mol. The van der Waals surface area contributed by atoms with Gasteiger partial charge >= 0.3 is 0 Å². The number of aryl methyl sites for hydroxylation is 3. The van der Waals surface area contributed by atoms with E-state index in [0.717, 1.165) is 46.8 Å². The number of para-hydroxylation sites is 1. The molecule has 1 aromatic carbocycles. The van der Waals surface area contributed by atoms with Crippen molar-refractivity contribution in [3.63, 3.8) is 0 Å². The zero-order chi connectivity index (χ0) is 22.0. The smallest absolute Gasteiger partial charge is 0.229 e. The van der Waals surface area contributed by atoms with Crippen LogP contribution in [-0.4, -0.2) is 44.4 Å². The zero-order valence-electron chi connectivity index (χ0n) is 18.4. The summed E-state index contributed by atoms with van der Waals surface area (Å²) in [6, 6.07) is 11.4. The second kappa shape index (κ2) is 8.88. The fourth-order valence-corrected chi connectivity index (χ4v) is 4.38. The lowest BCUT2D eigenvalue weighted by molar-refractivity contribution is -0.134. The number of likely N-dealkylation sites (tertiary alicyclic amines) is 1. The highest BCUT2D eigenvalue weighted by molar-refractivity contribution is 5.93. The highest BCUT2D eigenvalue weighted by Gasteiger charge is 2.28. The molecule has 1 N–H and O–H groups in total. The van der Waals surface area contributed by atoms with Gasteiger partial charge in [0.1, 0.15) is 0 Å². The van der Waals surface area contributed by atoms with Crippen molar-refractivity contribution >= 4 is 23.1 Å². The summed E-state index contributed by atoms with van der Waals surface area (Å²) in [6.07, 6.45) is 2.68. The molecule has 0 aliphatic carbocycles. The molecule has 1 saturated heterocycles. The molecule has 0 spiro atoms. The second-order valence-corrected chi connectivity index (χ2v) is 8.35. The Bertz CT molecular complexity index is 1110. The number of fused-ring (bicyclic) bond motifs is 1. The van der Waals surface area contributed by atoms with E-state index < -0.39 is 0 Å². The molecular weight excluding hydrogens is 390 g/mol. The van der Waals surface area contributed by atoms with Gasteiger partial charge in [0.2, 0.25) is 11.8 Å². The molecule has 0 saturated carbocycles. The molecule has 4 rings (SSSR count). The molecule has 1 aliphatic rings. The van der Waals surface area contributed by atoms with Gasteiger partial charge in [-0.25, -0.2) is 9.50 Å². The zero-order valence-corrected chi connectivity index (χ0v) is 18.4. The number of hydrogen-bond donors (Lipinski definition) is 1. The fourth-order valence-electron chi connectivity index (χ4n) is 4.38. The first-order chi connectivity index (χ1) is 14.9. The first kappa shape index (κ1) is 21.0. The third kappa shape index (κ3) is 4.60. The van der Waals surface area contributed by atoms with Gasteiger partial charge in [0.15, 0.2) is 5.65 Å². The molecular formula is C24H29N5O2. The van der Waals surface area contributed by atoms with E-state index in [1.165, 1.54) is 0 Å². The highest BCUT2D eigenvalue weighted by Crippen LogP contribution is 2.21. The van der Waals surface area contributed by atoms with Crippen LogP contribution < -0.4 is 5.32 Å². The van der Waals surface area contributed by atoms with Crippen molar-refractivity contribution in [1.82, 2.24) is 19.5 Å². The maximum atomic E-state index is 12.9. The number of nitrogens with one attached hydrogen (secondary N) is 1. The van der Waals surface area contributed by atoms with E-state index in [1.807, 2.05) is 66.6 Å². The Labute approximate surface area is 182 Å². The number of carbonyl (C=O) groups excluding carboxylic acids is 2. The Kier molecular flexibility index (Phi) is 6.02. The average Bonchev–Trinajstić information content (AvgIpc) is 3.14. The van der Waals surface area contributed by atoms with Crippen LogP contribution in [0.3, 0.4) is 0 Å². The molecule has 3 aromatic rings. The van der Waals surface area contributed by atoms with Crippen molar-refractivity contribution in [2.45, 2.75) is 46.5 Å². The van der Waals surface area contributed by atoms with Crippen LogP contribution in [0.1, 0.15) is 41.9 Å². The van der Waals surface area contributed by atoms with Gasteiger partial charge < -0.3 is 10.2 Å². The Morgan fingerprint density at radius 3 is 2.71 bits per heavy atom. The van der Waals surface area contributed by atoms with Crippen molar-refractivity contribution in [3.8, 4) is 0 Å². The molecule has 1 fully saturated rings. The summed E-state index contributed by atoms with van der Waals surface area (Å²) in [4.78, 5) is 32.1. The first-order valence-electron chi connectivity index (χ1n) is 10.9. The summed E-state index contributed by atoms with van der Waals surface area (Å²) in [5.74, 6) is -0.0988. The summed E-state index contributed by atoms with van der Waals surface area (Å²) in [6.45, 7) is 7.15. The number of carbonyl (C=O) groups is 2. The van der Waals surface area contributed by atoms with E-state index in [-0.39, 0.29) is 17.7 Å². The number of benzene rings is 1. The van der Waals surface area contributed by atoms with Crippen LogP contribution in [0.15, 0.2) is 36.4 Å². The molecule has 2 amide bonds. The van der Waals surface area contributed by atoms with E-state index in [2.05, 4.69) is 15.4 Å². The molecule has 7 nitrogen and oxygen atoms in total. The summed E-state index contributed by atoms with van der Waals surface area (Å²) < 4.78 is 1.85. The number of piperidine rings is 1. The topological polar surface area (TPSA) is 79.6 Å². The van der Waals surface area contributed by atoms with Gasteiger partial charge in [-0.05, 0) is 57.7 Å². The predicted molar refractivity (Wildman–Crippen MR) is 120 cm³/mol. The molecule has 162 valence electrons. The molecule has 2 aromatic heterocycles. The lowest BCUT2D eigenvalue weighted by atomic mass is 9.96. The Morgan fingerprint density at radius 2 is 1.94 bits per heavy atom. The van der Waals surface area contributed by atoms with Crippen molar-refractivity contribution in [2.24, 2.45) is 5.92 Å². The van der Waals surface area contributed by atoms with Crippen LogP contribution in [-0.2, 0) is 16.0 Å². The minimum absolute atomic E-state index is 0.0147. The lowest BCUT2D eigenvalue weighted by Gasteiger charge is -2.32. The standard InChI is InChI=1S/C24H29N5O2/c1-16-14-22-25-17(2)21(18(3)29(22)27-16)11-12-23(30)28-13-7-8-19(15-28)24(31)26-20-9-5-4-6-10-20/h4-6,9-10,14,19H,7-8,11-13,15H2,1-3H3,(H,26,31). The van der Waals surface area contributed by atoms with Gasteiger partial charge in [-0.15, -0.1) is 0 Å². The largest absolute Gasteiger partial charge is 0.342 e. The fraction of sp³-hybridized carbons (Fsp3) is 0.417. The maximum absolute atomic E-state index is 12.9. The van der Waals surface area contributed by atoms with Crippen LogP contribution >= 0.6 is 0 Å². The average molecular weight is 420 g/mol. The molecule has 0 bridgehead atoms. The van der Waals surface area contributed by atoms with Crippen LogP contribution in [0.4, 0.5) is 5.69 Å². The van der Waals surface area contributed by atoms with E-state index in [9.17, 15) is 9.59 Å². The molecule has 0 radical (unpaired) electrons. The quantitative estimate of drug-likeness (QED) is 0.687. The molecule has 1 aliphatic heterocycles. The van der Waals surface area contributed by atoms with Gasteiger partial charge in [0, 0.05) is 42.7 Å². The summed E-state index contributed by atoms with van der Waals surface area (Å²) in [5, 5.41) is 7.48. The summed E-state index contributed by atoms with van der Waals surface area (Å²) in [7, 11) is 0. The number of hydrogen-bond acceptors (Lipinski definition) is 4. The highest BCUT2D eigenvalue weighted by atomic mass is 16.2. The first-order valence-corrected chi connectivity index (χ1v) is 10.9. The van der Waals surface area contributed by atoms with Crippen molar-refractivity contribution in [1.29, 1.82) is 0 Å². The lowest BCUT2D eigenvalue weighted by Crippen LogP contribution is -2.43. The minimum Gasteiger partial charge on any atom is -0.342 e. The SMILES string of the molecule is Cc1cc2nc(C)c(CCC(=O)N3CCCC(C(=O)Nc4ccccc4)C3)c(C)n2n1. The Hall–Kier alpha value is -3.22. The van der Waals surface area contributed by atoms with Crippen LogP contribution in [0.25, 0.3) is 5.65 Å². The molecule has 7 heteroatoms. The molecule has 1 unspecified atom stereocenters. The predicted octanol–water partition coefficient (Wildman–Crippen LogP) is 3.46. The van der Waals surface area contributed by atoms with Crippen LogP contribution in [0.2, 0.25) is 0 Å². The van der Waals surface area contributed by atoms with Crippen LogP contribution in [0.5, 0.6) is 0 Å². The normalized spacial score (nSPS) is 16.5. The number of anilines is 1. The van der Waals surface area contributed by atoms with E-state index in [1.54, 1.807) is 0 Å². The summed E-state index contributed by atoms with van der Waals surface area (Å²) in [5.41, 5.74) is 5.60. The van der Waals surface area contributed by atoms with E-state index in [0.29, 0.717) is 25.9 Å². The molecule has 31 heavy (non-hydrogen) atoms. The molecule has 1 atom stereocenters. The Balaban J connectivity index is 1.38. The van der Waals surface area contributed by atoms with Crippen LogP contribution in [0, 0.1) is 26.7 Å². The third-order valence-electron chi connectivity index (χ3n) is 6.06. The number of rotatable bonds is 5. The van der Waals surface area contributed by atoms with Crippen molar-refractivity contribution in [3.05, 3.63) is 59.0 Å². The van der Waals surface area contributed by atoms with Gasteiger partial charge in [-0.3, -0.25) is 9.59 Å². The van der Waals surface area contributed by atoms with Gasteiger partial charge in [-0.2, -0.15) is 5.10 Å². The van der Waals surface area contributed by atoms with Crippen molar-refractivity contribution < 1.29 is 9.59 Å². The number of nitrogens with zero attached hydrogens (tertiary/aromatic N) is 4.